The number of hydrogen-bond acceptors (Lipinski definition) is 3. The summed E-state index contributed by atoms with van der Waals surface area (Å²) in [6.07, 6.45) is 0.295. The van der Waals surface area contributed by atoms with Gasteiger partial charge < -0.3 is 9.64 Å². The summed E-state index contributed by atoms with van der Waals surface area (Å²) < 4.78 is 18.4. The molecule has 0 aromatic heterocycles. The molecule has 1 fully saturated rings. The second kappa shape index (κ2) is 6.57. The Balaban J connectivity index is 1.94. The maximum Gasteiger partial charge on any atom is 0.223 e. The van der Waals surface area contributed by atoms with E-state index < -0.39 is 0 Å². The highest BCUT2D eigenvalue weighted by atomic mass is 19.1. The lowest BCUT2D eigenvalue weighted by Gasteiger charge is -2.44. The van der Waals surface area contributed by atoms with Gasteiger partial charge in [-0.05, 0) is 45.0 Å². The van der Waals surface area contributed by atoms with Crippen LogP contribution in [0.15, 0.2) is 24.3 Å². The summed E-state index contributed by atoms with van der Waals surface area (Å²) in [5, 5.41) is 0. The SMILES string of the molecule is CC1CN(C(=O)CCC(=O)c2ccc(F)cc2)C(C)(C)CO1. The number of carbonyl (C=O) groups is 2. The van der Waals surface area contributed by atoms with Gasteiger partial charge in [-0.2, -0.15) is 0 Å². The summed E-state index contributed by atoms with van der Waals surface area (Å²) in [7, 11) is 0. The number of benzene rings is 1. The van der Waals surface area contributed by atoms with Crippen LogP contribution < -0.4 is 0 Å². The number of ketones is 1. The quantitative estimate of drug-likeness (QED) is 0.804. The molecule has 1 unspecified atom stereocenters. The van der Waals surface area contributed by atoms with E-state index >= 15 is 0 Å². The van der Waals surface area contributed by atoms with E-state index in [4.69, 9.17) is 4.74 Å². The Hall–Kier alpha value is -1.75. The Morgan fingerprint density at radius 1 is 1.27 bits per heavy atom. The van der Waals surface area contributed by atoms with Gasteiger partial charge in [0.2, 0.25) is 5.91 Å². The van der Waals surface area contributed by atoms with Crippen molar-refractivity contribution in [2.45, 2.75) is 45.3 Å². The third-order valence-corrected chi connectivity index (χ3v) is 3.92. The number of Topliss-reactive ketones (excluding diaryl/α,β-unsaturated/α-hetero) is 1. The Bertz CT molecular complexity index is 554. The van der Waals surface area contributed by atoms with Crippen LogP contribution >= 0.6 is 0 Å². The molecule has 1 aromatic carbocycles. The van der Waals surface area contributed by atoms with Crippen molar-refractivity contribution >= 4 is 11.7 Å². The zero-order valence-corrected chi connectivity index (χ0v) is 13.3. The molecule has 120 valence electrons. The Labute approximate surface area is 130 Å². The highest BCUT2D eigenvalue weighted by molar-refractivity contribution is 5.97. The molecule has 1 aromatic rings. The van der Waals surface area contributed by atoms with Gasteiger partial charge in [0.05, 0.1) is 18.2 Å². The number of rotatable bonds is 4. The van der Waals surface area contributed by atoms with Crippen molar-refractivity contribution in [1.29, 1.82) is 0 Å². The summed E-state index contributed by atoms with van der Waals surface area (Å²) in [6, 6.07) is 5.40. The van der Waals surface area contributed by atoms with Crippen LogP contribution in [0.4, 0.5) is 4.39 Å². The molecule has 0 saturated carbocycles. The van der Waals surface area contributed by atoms with Crippen LogP contribution in [-0.2, 0) is 9.53 Å². The van der Waals surface area contributed by atoms with Crippen molar-refractivity contribution < 1.29 is 18.7 Å². The van der Waals surface area contributed by atoms with Crippen molar-refractivity contribution in [3.05, 3.63) is 35.6 Å². The second-order valence-electron chi connectivity index (χ2n) is 6.37. The van der Waals surface area contributed by atoms with E-state index in [1.165, 1.54) is 24.3 Å². The van der Waals surface area contributed by atoms with Gasteiger partial charge in [-0.15, -0.1) is 0 Å². The van der Waals surface area contributed by atoms with Crippen molar-refractivity contribution in [2.24, 2.45) is 0 Å². The van der Waals surface area contributed by atoms with E-state index in [9.17, 15) is 14.0 Å². The first-order valence-electron chi connectivity index (χ1n) is 7.50. The Morgan fingerprint density at radius 2 is 1.91 bits per heavy atom. The van der Waals surface area contributed by atoms with Gasteiger partial charge in [-0.25, -0.2) is 4.39 Å². The van der Waals surface area contributed by atoms with Crippen LogP contribution in [0.25, 0.3) is 0 Å². The number of halogens is 1. The minimum absolute atomic E-state index is 0.00442. The summed E-state index contributed by atoms with van der Waals surface area (Å²) in [6.45, 7) is 6.87. The average Bonchev–Trinajstić information content (AvgIpc) is 2.47. The number of carbonyl (C=O) groups excluding carboxylic acids is 2. The average molecular weight is 307 g/mol. The lowest BCUT2D eigenvalue weighted by atomic mass is 9.99. The molecule has 1 heterocycles. The van der Waals surface area contributed by atoms with Gasteiger partial charge in [0.25, 0.3) is 0 Å². The van der Waals surface area contributed by atoms with Crippen LogP contribution in [0.3, 0.4) is 0 Å². The van der Waals surface area contributed by atoms with E-state index in [1.807, 2.05) is 20.8 Å². The van der Waals surface area contributed by atoms with Crippen molar-refractivity contribution in [3.8, 4) is 0 Å². The highest BCUT2D eigenvalue weighted by Gasteiger charge is 2.36. The minimum atomic E-state index is -0.378. The molecule has 5 heteroatoms. The number of amides is 1. The molecule has 0 bridgehead atoms. The van der Waals surface area contributed by atoms with E-state index in [-0.39, 0.29) is 42.0 Å². The van der Waals surface area contributed by atoms with Gasteiger partial charge in [0.1, 0.15) is 5.82 Å². The molecule has 1 aliphatic rings. The van der Waals surface area contributed by atoms with Gasteiger partial charge in [0, 0.05) is 24.9 Å². The fourth-order valence-electron chi connectivity index (χ4n) is 2.56. The van der Waals surface area contributed by atoms with Crippen molar-refractivity contribution in [1.82, 2.24) is 4.90 Å². The van der Waals surface area contributed by atoms with Crippen molar-refractivity contribution in [2.75, 3.05) is 13.2 Å². The van der Waals surface area contributed by atoms with Crippen LogP contribution in [0, 0.1) is 5.82 Å². The predicted octanol–water partition coefficient (Wildman–Crippen LogP) is 2.81. The predicted molar refractivity (Wildman–Crippen MR) is 81.2 cm³/mol. The Kier molecular flexibility index (Phi) is 4.96. The van der Waals surface area contributed by atoms with Crippen LogP contribution in [-0.4, -0.2) is 41.4 Å². The summed E-state index contributed by atoms with van der Waals surface area (Å²) in [5.74, 6) is -0.570. The van der Waals surface area contributed by atoms with E-state index in [1.54, 1.807) is 4.90 Å². The van der Waals surface area contributed by atoms with Gasteiger partial charge in [-0.1, -0.05) is 0 Å². The minimum Gasteiger partial charge on any atom is -0.374 e. The molecule has 2 rings (SSSR count). The third kappa shape index (κ3) is 3.91. The molecule has 22 heavy (non-hydrogen) atoms. The molecule has 4 nitrogen and oxygen atoms in total. The normalized spacial score (nSPS) is 20.7. The first-order chi connectivity index (χ1) is 10.3. The lowest BCUT2D eigenvalue weighted by Crippen LogP contribution is -2.57. The molecular formula is C17H22FNO3. The summed E-state index contributed by atoms with van der Waals surface area (Å²) >= 11 is 0. The summed E-state index contributed by atoms with van der Waals surface area (Å²) in [4.78, 5) is 26.2. The topological polar surface area (TPSA) is 46.6 Å². The molecule has 1 aliphatic heterocycles. The molecular weight excluding hydrogens is 285 g/mol. The molecule has 1 atom stereocenters. The fraction of sp³-hybridized carbons (Fsp3) is 0.529. The number of morpholine rings is 1. The summed E-state index contributed by atoms with van der Waals surface area (Å²) in [5.41, 5.74) is 0.0755. The molecule has 0 spiro atoms. The van der Waals surface area contributed by atoms with Crippen molar-refractivity contribution in [3.63, 3.8) is 0 Å². The zero-order valence-electron chi connectivity index (χ0n) is 13.3. The molecule has 1 saturated heterocycles. The van der Waals surface area contributed by atoms with E-state index in [0.717, 1.165) is 0 Å². The van der Waals surface area contributed by atoms with Gasteiger partial charge in [-0.3, -0.25) is 9.59 Å². The smallest absolute Gasteiger partial charge is 0.223 e. The fourth-order valence-corrected chi connectivity index (χ4v) is 2.56. The van der Waals surface area contributed by atoms with Crippen LogP contribution in [0.5, 0.6) is 0 Å². The zero-order chi connectivity index (χ0) is 16.3. The van der Waals surface area contributed by atoms with Crippen LogP contribution in [0.2, 0.25) is 0 Å². The molecule has 1 amide bonds. The molecule has 0 radical (unpaired) electrons. The largest absolute Gasteiger partial charge is 0.374 e. The number of ether oxygens (including phenoxy) is 1. The maximum absolute atomic E-state index is 12.8. The van der Waals surface area contributed by atoms with Gasteiger partial charge >= 0.3 is 0 Å². The third-order valence-electron chi connectivity index (χ3n) is 3.92. The molecule has 0 N–H and O–H groups in total. The standard InChI is InChI=1S/C17H22FNO3/c1-12-10-19(17(2,3)11-22-12)16(21)9-8-15(20)13-4-6-14(18)7-5-13/h4-7,12H,8-11H2,1-3H3. The van der Waals surface area contributed by atoms with E-state index in [0.29, 0.717) is 18.7 Å². The highest BCUT2D eigenvalue weighted by Crippen LogP contribution is 2.23. The van der Waals surface area contributed by atoms with Gasteiger partial charge in [0.15, 0.2) is 5.78 Å². The van der Waals surface area contributed by atoms with E-state index in [2.05, 4.69) is 0 Å². The Morgan fingerprint density at radius 3 is 2.55 bits per heavy atom. The monoisotopic (exact) mass is 307 g/mol. The lowest BCUT2D eigenvalue weighted by molar-refractivity contribution is -0.152. The second-order valence-corrected chi connectivity index (χ2v) is 6.37. The maximum atomic E-state index is 12.8. The first kappa shape index (κ1) is 16.6. The van der Waals surface area contributed by atoms with Crippen LogP contribution in [0.1, 0.15) is 44.0 Å². The first-order valence-corrected chi connectivity index (χ1v) is 7.50. The number of nitrogens with zero attached hydrogens (tertiary/aromatic N) is 1. The molecule has 0 aliphatic carbocycles. The number of hydrogen-bond donors (Lipinski definition) is 0.